The van der Waals surface area contributed by atoms with Crippen molar-refractivity contribution >= 4 is 35.0 Å². The van der Waals surface area contributed by atoms with Gasteiger partial charge in [0.05, 0.1) is 41.3 Å². The van der Waals surface area contributed by atoms with Crippen LogP contribution in [0.5, 0.6) is 5.75 Å². The van der Waals surface area contributed by atoms with E-state index in [0.717, 1.165) is 27.8 Å². The van der Waals surface area contributed by atoms with Gasteiger partial charge in [0.2, 0.25) is 5.91 Å². The lowest BCUT2D eigenvalue weighted by molar-refractivity contribution is -0.385. The lowest BCUT2D eigenvalue weighted by Crippen LogP contribution is -2.37. The van der Waals surface area contributed by atoms with Gasteiger partial charge in [-0.2, -0.15) is 5.26 Å². The van der Waals surface area contributed by atoms with Crippen molar-refractivity contribution in [3.63, 3.8) is 0 Å². The van der Waals surface area contributed by atoms with Crippen LogP contribution in [0.4, 0.5) is 11.4 Å². The number of thioether (sulfide) groups is 1. The second-order valence-electron chi connectivity index (χ2n) is 9.24. The Hall–Kier alpha value is -5.21. The molecule has 1 amide bonds. The lowest BCUT2D eigenvalue weighted by Gasteiger charge is -2.22. The number of benzene rings is 3. The number of nitro groups is 1. The zero-order chi connectivity index (χ0) is 30.9. The molecule has 0 N–H and O–H groups in total. The standard InChI is InChI=1S/C32H28N4O6S/c1-4-42-31(38)19-35(24-13-10-21(2)29(16-24)36(39)40)30(37)20-43-32-27(18-33)26(22-8-6-5-7-9-22)17-28(34-32)23-11-14-25(41-3)15-12-23/h5-17H,4,19-20H2,1-3H3. The van der Waals surface area contributed by atoms with Gasteiger partial charge in [0.15, 0.2) is 0 Å². The van der Waals surface area contributed by atoms with Gasteiger partial charge in [-0.25, -0.2) is 4.98 Å². The number of ether oxygens (including phenoxy) is 2. The predicted molar refractivity (Wildman–Crippen MR) is 164 cm³/mol. The van der Waals surface area contributed by atoms with Crippen molar-refractivity contribution in [3.8, 4) is 34.2 Å². The third kappa shape index (κ3) is 7.36. The molecule has 3 aromatic carbocycles. The number of nitro benzene ring substituents is 1. The van der Waals surface area contributed by atoms with Gasteiger partial charge < -0.3 is 14.4 Å². The summed E-state index contributed by atoms with van der Waals surface area (Å²) in [4.78, 5) is 42.9. The quantitative estimate of drug-likeness (QED) is 0.0858. The Morgan fingerprint density at radius 2 is 1.77 bits per heavy atom. The van der Waals surface area contributed by atoms with Crippen molar-refractivity contribution in [1.29, 1.82) is 5.26 Å². The summed E-state index contributed by atoms with van der Waals surface area (Å²) >= 11 is 1.05. The molecular weight excluding hydrogens is 568 g/mol. The molecule has 0 atom stereocenters. The Labute approximate surface area is 253 Å². The molecule has 0 bridgehead atoms. The molecule has 10 nitrogen and oxygen atoms in total. The number of pyridine rings is 1. The van der Waals surface area contributed by atoms with E-state index in [1.54, 1.807) is 27.0 Å². The van der Waals surface area contributed by atoms with Gasteiger partial charge in [-0.3, -0.25) is 19.7 Å². The lowest BCUT2D eigenvalue weighted by atomic mass is 9.99. The summed E-state index contributed by atoms with van der Waals surface area (Å²) in [5.41, 5.74) is 3.54. The van der Waals surface area contributed by atoms with E-state index < -0.39 is 23.3 Å². The minimum Gasteiger partial charge on any atom is -0.497 e. The van der Waals surface area contributed by atoms with Gasteiger partial charge in [-0.05, 0) is 55.8 Å². The van der Waals surface area contributed by atoms with Gasteiger partial charge in [-0.15, -0.1) is 0 Å². The maximum atomic E-state index is 13.6. The SMILES string of the molecule is CCOC(=O)CN(C(=O)CSc1nc(-c2ccc(OC)cc2)cc(-c2ccccc2)c1C#N)c1ccc(C)c([N+](=O)[O-])c1. The van der Waals surface area contributed by atoms with E-state index >= 15 is 0 Å². The summed E-state index contributed by atoms with van der Waals surface area (Å²) < 4.78 is 10.3. The van der Waals surface area contributed by atoms with Crippen molar-refractivity contribution in [2.24, 2.45) is 0 Å². The zero-order valence-electron chi connectivity index (χ0n) is 23.8. The molecule has 0 saturated carbocycles. The van der Waals surface area contributed by atoms with Crippen LogP contribution in [0, 0.1) is 28.4 Å². The summed E-state index contributed by atoms with van der Waals surface area (Å²) in [5, 5.41) is 22.1. The molecule has 0 spiro atoms. The third-order valence-electron chi connectivity index (χ3n) is 6.50. The van der Waals surface area contributed by atoms with Crippen molar-refractivity contribution in [2.45, 2.75) is 18.9 Å². The number of hydrogen-bond acceptors (Lipinski definition) is 9. The highest BCUT2D eigenvalue weighted by molar-refractivity contribution is 8.00. The van der Waals surface area contributed by atoms with Gasteiger partial charge in [-0.1, -0.05) is 48.2 Å². The number of carbonyl (C=O) groups excluding carboxylic acids is 2. The van der Waals surface area contributed by atoms with Crippen molar-refractivity contribution in [2.75, 3.05) is 30.9 Å². The maximum Gasteiger partial charge on any atom is 0.326 e. The molecule has 0 aliphatic carbocycles. The monoisotopic (exact) mass is 596 g/mol. The minimum absolute atomic E-state index is 0.111. The summed E-state index contributed by atoms with van der Waals surface area (Å²) in [6.45, 7) is 2.91. The predicted octanol–water partition coefficient (Wildman–Crippen LogP) is 6.20. The average Bonchev–Trinajstić information content (AvgIpc) is 3.02. The topological polar surface area (TPSA) is 136 Å². The number of nitrogens with zero attached hydrogens (tertiary/aromatic N) is 4. The molecule has 1 aromatic heterocycles. The van der Waals surface area contributed by atoms with Crippen LogP contribution in [-0.4, -0.2) is 47.8 Å². The third-order valence-corrected chi connectivity index (χ3v) is 7.46. The molecule has 4 aromatic rings. The van der Waals surface area contributed by atoms with Gasteiger partial charge in [0, 0.05) is 22.8 Å². The van der Waals surface area contributed by atoms with E-state index in [9.17, 15) is 25.0 Å². The van der Waals surface area contributed by atoms with Crippen LogP contribution in [-0.2, 0) is 14.3 Å². The van der Waals surface area contributed by atoms with E-state index in [1.165, 1.54) is 12.1 Å². The number of aryl methyl sites for hydroxylation is 1. The first-order valence-electron chi connectivity index (χ1n) is 13.2. The second-order valence-corrected chi connectivity index (χ2v) is 10.2. The van der Waals surface area contributed by atoms with Crippen LogP contribution in [0.1, 0.15) is 18.1 Å². The minimum atomic E-state index is -0.659. The summed E-state index contributed by atoms with van der Waals surface area (Å²) in [5.74, 6) is -0.701. The Kier molecular flexibility index (Phi) is 10.1. The van der Waals surface area contributed by atoms with Crippen molar-refractivity contribution < 1.29 is 24.0 Å². The molecule has 0 aliphatic heterocycles. The van der Waals surface area contributed by atoms with Crippen molar-refractivity contribution in [3.05, 3.63) is 100 Å². The van der Waals surface area contributed by atoms with Crippen LogP contribution in [0.25, 0.3) is 22.4 Å². The number of carbonyl (C=O) groups is 2. The fraction of sp³-hybridized carbons (Fsp3) is 0.188. The molecule has 11 heteroatoms. The van der Waals surface area contributed by atoms with Gasteiger partial charge >= 0.3 is 5.97 Å². The molecule has 218 valence electrons. The maximum absolute atomic E-state index is 13.6. The van der Waals surface area contributed by atoms with Gasteiger partial charge in [0.1, 0.15) is 23.4 Å². The number of nitriles is 1. The first-order valence-corrected chi connectivity index (χ1v) is 14.2. The van der Waals surface area contributed by atoms with E-state index in [0.29, 0.717) is 33.2 Å². The summed E-state index contributed by atoms with van der Waals surface area (Å²) in [6, 6.07) is 25.1. The fourth-order valence-electron chi connectivity index (χ4n) is 4.32. The largest absolute Gasteiger partial charge is 0.497 e. The number of hydrogen-bond donors (Lipinski definition) is 0. The van der Waals surface area contributed by atoms with E-state index in [2.05, 4.69) is 6.07 Å². The number of methoxy groups -OCH3 is 1. The van der Waals surface area contributed by atoms with Crippen LogP contribution in [0.15, 0.2) is 83.9 Å². The average molecular weight is 597 g/mol. The molecule has 4 rings (SSSR count). The molecule has 43 heavy (non-hydrogen) atoms. The van der Waals surface area contributed by atoms with Crippen LogP contribution in [0.3, 0.4) is 0 Å². The Morgan fingerprint density at radius 1 is 1.05 bits per heavy atom. The zero-order valence-corrected chi connectivity index (χ0v) is 24.6. The summed E-state index contributed by atoms with van der Waals surface area (Å²) in [7, 11) is 1.58. The molecule has 0 fully saturated rings. The molecule has 0 saturated heterocycles. The van der Waals surface area contributed by atoms with Crippen LogP contribution >= 0.6 is 11.8 Å². The van der Waals surface area contributed by atoms with E-state index in [1.807, 2.05) is 60.7 Å². The first kappa shape index (κ1) is 30.7. The smallest absolute Gasteiger partial charge is 0.326 e. The van der Waals surface area contributed by atoms with E-state index in [-0.39, 0.29) is 23.7 Å². The summed E-state index contributed by atoms with van der Waals surface area (Å²) in [6.07, 6.45) is 0. The molecule has 0 radical (unpaired) electrons. The highest BCUT2D eigenvalue weighted by Crippen LogP contribution is 2.35. The molecular formula is C32H28N4O6S. The Balaban J connectivity index is 1.73. The fourth-order valence-corrected chi connectivity index (χ4v) is 5.20. The Morgan fingerprint density at radius 3 is 2.40 bits per heavy atom. The van der Waals surface area contributed by atoms with Crippen LogP contribution < -0.4 is 9.64 Å². The molecule has 0 unspecified atom stereocenters. The van der Waals surface area contributed by atoms with Gasteiger partial charge in [0.25, 0.3) is 5.69 Å². The highest BCUT2D eigenvalue weighted by Gasteiger charge is 2.24. The first-order chi connectivity index (χ1) is 20.7. The number of rotatable bonds is 11. The second kappa shape index (κ2) is 14.1. The number of anilines is 1. The highest BCUT2D eigenvalue weighted by atomic mass is 32.2. The van der Waals surface area contributed by atoms with Crippen LogP contribution in [0.2, 0.25) is 0 Å². The number of esters is 1. The molecule has 1 heterocycles. The van der Waals surface area contributed by atoms with Crippen molar-refractivity contribution in [1.82, 2.24) is 4.98 Å². The number of aromatic nitrogens is 1. The normalized spacial score (nSPS) is 10.5. The number of amides is 1. The van der Waals surface area contributed by atoms with E-state index in [4.69, 9.17) is 14.5 Å². The Bertz CT molecular complexity index is 1690. The molecule has 0 aliphatic rings.